The maximum Gasteiger partial charge on any atom is 0.341 e. The van der Waals surface area contributed by atoms with Crippen LogP contribution in [0.4, 0.5) is 15.3 Å². The molecule has 4 rings (SSSR count). The molecule has 0 spiro atoms. The van der Waals surface area contributed by atoms with Gasteiger partial charge < -0.3 is 10.1 Å². The number of methoxy groups -OCH3 is 1. The third-order valence-electron chi connectivity index (χ3n) is 5.12. The van der Waals surface area contributed by atoms with E-state index in [0.717, 1.165) is 30.4 Å². The van der Waals surface area contributed by atoms with Gasteiger partial charge in [-0.15, -0.1) is 16.4 Å². The number of thiophene rings is 1. The Labute approximate surface area is 188 Å². The lowest BCUT2D eigenvalue weighted by molar-refractivity contribution is 0.0601. The number of fused-ring (bicyclic) bond motifs is 1. The molecule has 2 N–H and O–H groups in total. The van der Waals surface area contributed by atoms with Crippen LogP contribution in [0.1, 0.15) is 39.7 Å². The number of carbonyl (C=O) groups is 1. The van der Waals surface area contributed by atoms with Gasteiger partial charge in [0.2, 0.25) is 5.95 Å². The van der Waals surface area contributed by atoms with Crippen molar-refractivity contribution in [2.45, 2.75) is 32.7 Å². The standard InChI is InChI=1S/C21H22FN5O2S2/c1-12-6-7-15-16(8-12)31-18(17(15)19(28)29-2)24-21(30)25-20-23-11-27(26-20)10-13-4-3-5-14(22)9-13/h3-5,9,11-12H,6-8,10H2,1-2H3,(H2,24,25,26,30). The molecule has 0 aliphatic heterocycles. The van der Waals surface area contributed by atoms with E-state index in [4.69, 9.17) is 17.0 Å². The first-order chi connectivity index (χ1) is 14.9. The minimum atomic E-state index is -0.366. The number of anilines is 2. The average molecular weight is 460 g/mol. The summed E-state index contributed by atoms with van der Waals surface area (Å²) in [4.78, 5) is 17.8. The number of aromatic nitrogens is 3. The van der Waals surface area contributed by atoms with Crippen LogP contribution < -0.4 is 10.6 Å². The second-order valence-electron chi connectivity index (χ2n) is 7.52. The van der Waals surface area contributed by atoms with Crippen LogP contribution in [-0.2, 0) is 24.1 Å². The molecule has 162 valence electrons. The largest absolute Gasteiger partial charge is 0.465 e. The van der Waals surface area contributed by atoms with Crippen LogP contribution in [0.25, 0.3) is 0 Å². The second-order valence-corrected chi connectivity index (χ2v) is 9.04. The molecule has 0 bridgehead atoms. The van der Waals surface area contributed by atoms with Crippen molar-refractivity contribution in [3.05, 3.63) is 58.0 Å². The molecule has 10 heteroatoms. The van der Waals surface area contributed by atoms with Gasteiger partial charge in [0.05, 0.1) is 19.2 Å². The molecule has 0 saturated carbocycles. The number of ether oxygens (including phenoxy) is 1. The van der Waals surface area contributed by atoms with E-state index >= 15 is 0 Å². The highest BCUT2D eigenvalue weighted by Crippen LogP contribution is 2.40. The molecule has 0 amide bonds. The summed E-state index contributed by atoms with van der Waals surface area (Å²) in [6.07, 6.45) is 4.38. The lowest BCUT2D eigenvalue weighted by Crippen LogP contribution is -2.21. The van der Waals surface area contributed by atoms with Crippen molar-refractivity contribution in [3.63, 3.8) is 0 Å². The van der Waals surface area contributed by atoms with Gasteiger partial charge in [-0.1, -0.05) is 19.1 Å². The number of esters is 1. The minimum Gasteiger partial charge on any atom is -0.465 e. The maximum atomic E-state index is 13.4. The van der Waals surface area contributed by atoms with Crippen LogP contribution in [0, 0.1) is 11.7 Å². The number of hydrogen-bond donors (Lipinski definition) is 2. The molecule has 0 saturated heterocycles. The third-order valence-corrected chi connectivity index (χ3v) is 6.50. The normalized spacial score (nSPS) is 15.3. The number of nitrogens with zero attached hydrogens (tertiary/aromatic N) is 3. The van der Waals surface area contributed by atoms with Crippen molar-refractivity contribution in [1.29, 1.82) is 0 Å². The third kappa shape index (κ3) is 4.91. The Morgan fingerprint density at radius 3 is 3.03 bits per heavy atom. The number of benzene rings is 1. The molecule has 31 heavy (non-hydrogen) atoms. The zero-order valence-electron chi connectivity index (χ0n) is 17.1. The van der Waals surface area contributed by atoms with E-state index in [1.807, 2.05) is 6.07 Å². The van der Waals surface area contributed by atoms with E-state index in [0.29, 0.717) is 29.0 Å². The number of thiocarbonyl (C=S) groups is 1. The highest BCUT2D eigenvalue weighted by Gasteiger charge is 2.28. The fourth-order valence-electron chi connectivity index (χ4n) is 3.64. The van der Waals surface area contributed by atoms with Crippen LogP contribution in [0.2, 0.25) is 0 Å². The molecule has 0 fully saturated rings. The minimum absolute atomic E-state index is 0.278. The predicted molar refractivity (Wildman–Crippen MR) is 122 cm³/mol. The van der Waals surface area contributed by atoms with E-state index in [1.165, 1.54) is 35.5 Å². The van der Waals surface area contributed by atoms with Gasteiger partial charge in [0.15, 0.2) is 5.11 Å². The Hall–Kier alpha value is -2.85. The fraction of sp³-hybridized carbons (Fsp3) is 0.333. The molecule has 1 aromatic carbocycles. The Kier molecular flexibility index (Phi) is 6.28. The Morgan fingerprint density at radius 1 is 1.42 bits per heavy atom. The summed E-state index contributed by atoms with van der Waals surface area (Å²) < 4.78 is 20.0. The number of hydrogen-bond acceptors (Lipinski definition) is 6. The molecule has 3 aromatic rings. The Balaban J connectivity index is 1.46. The summed E-state index contributed by atoms with van der Waals surface area (Å²) in [5.74, 6) is 0.231. The first kappa shape index (κ1) is 21.4. The second kappa shape index (κ2) is 9.11. The Morgan fingerprint density at radius 2 is 2.26 bits per heavy atom. The molecular weight excluding hydrogens is 437 g/mol. The van der Waals surface area contributed by atoms with Gasteiger partial charge in [-0.05, 0) is 60.7 Å². The smallest absolute Gasteiger partial charge is 0.341 e. The SMILES string of the molecule is COC(=O)c1c(NC(=S)Nc2ncn(Cc3cccc(F)c3)n2)sc2c1CCC(C)C2. The van der Waals surface area contributed by atoms with Crippen LogP contribution in [-0.4, -0.2) is 33.0 Å². The highest BCUT2D eigenvalue weighted by molar-refractivity contribution is 7.80. The number of nitrogens with one attached hydrogen (secondary N) is 2. The zero-order chi connectivity index (χ0) is 22.0. The molecule has 1 unspecified atom stereocenters. The van der Waals surface area contributed by atoms with Crippen molar-refractivity contribution in [3.8, 4) is 0 Å². The van der Waals surface area contributed by atoms with E-state index in [-0.39, 0.29) is 16.9 Å². The van der Waals surface area contributed by atoms with E-state index in [2.05, 4.69) is 27.6 Å². The lowest BCUT2D eigenvalue weighted by Gasteiger charge is -2.18. The van der Waals surface area contributed by atoms with E-state index < -0.39 is 0 Å². The summed E-state index contributed by atoms with van der Waals surface area (Å²) in [7, 11) is 1.38. The predicted octanol–water partition coefficient (Wildman–Crippen LogP) is 4.25. The quantitative estimate of drug-likeness (QED) is 0.436. The van der Waals surface area contributed by atoms with E-state index in [9.17, 15) is 9.18 Å². The van der Waals surface area contributed by atoms with Crippen molar-refractivity contribution < 1.29 is 13.9 Å². The van der Waals surface area contributed by atoms with Crippen molar-refractivity contribution in [2.24, 2.45) is 5.92 Å². The van der Waals surface area contributed by atoms with Gasteiger partial charge in [0, 0.05) is 4.88 Å². The lowest BCUT2D eigenvalue weighted by atomic mass is 9.88. The van der Waals surface area contributed by atoms with Gasteiger partial charge in [-0.3, -0.25) is 5.32 Å². The number of rotatable bonds is 5. The summed E-state index contributed by atoms with van der Waals surface area (Å²) in [6.45, 7) is 2.60. The molecular formula is C21H22FN5O2S2. The summed E-state index contributed by atoms with van der Waals surface area (Å²) >= 11 is 6.95. The van der Waals surface area contributed by atoms with Crippen molar-refractivity contribution in [1.82, 2.24) is 14.8 Å². The molecule has 1 atom stereocenters. The van der Waals surface area contributed by atoms with Gasteiger partial charge in [-0.25, -0.2) is 18.9 Å². The highest BCUT2D eigenvalue weighted by atomic mass is 32.1. The molecule has 1 aliphatic carbocycles. The Bertz CT molecular complexity index is 1130. The molecule has 0 radical (unpaired) electrons. The van der Waals surface area contributed by atoms with Gasteiger partial charge in [0.25, 0.3) is 0 Å². The molecule has 2 aromatic heterocycles. The molecule has 7 nitrogen and oxygen atoms in total. The summed E-state index contributed by atoms with van der Waals surface area (Å²) in [5.41, 5.74) is 2.39. The maximum absolute atomic E-state index is 13.4. The van der Waals surface area contributed by atoms with Crippen molar-refractivity contribution in [2.75, 3.05) is 17.7 Å². The van der Waals surface area contributed by atoms with Crippen LogP contribution in [0.5, 0.6) is 0 Å². The van der Waals surface area contributed by atoms with Gasteiger partial charge in [0.1, 0.15) is 17.1 Å². The molecule has 1 aliphatic rings. The van der Waals surface area contributed by atoms with Crippen molar-refractivity contribution >= 4 is 45.6 Å². The average Bonchev–Trinajstić information content (AvgIpc) is 3.30. The summed E-state index contributed by atoms with van der Waals surface area (Å²) in [6, 6.07) is 6.32. The first-order valence-electron chi connectivity index (χ1n) is 9.87. The van der Waals surface area contributed by atoms with Crippen LogP contribution >= 0.6 is 23.6 Å². The number of carbonyl (C=O) groups excluding carboxylic acids is 1. The van der Waals surface area contributed by atoms with Gasteiger partial charge >= 0.3 is 5.97 Å². The first-order valence-corrected chi connectivity index (χ1v) is 11.1. The number of halogens is 1. The zero-order valence-corrected chi connectivity index (χ0v) is 18.8. The molecule has 2 heterocycles. The van der Waals surface area contributed by atoms with Crippen LogP contribution in [0.3, 0.4) is 0 Å². The summed E-state index contributed by atoms with van der Waals surface area (Å²) in [5, 5.41) is 11.3. The topological polar surface area (TPSA) is 81.1 Å². The van der Waals surface area contributed by atoms with E-state index in [1.54, 1.807) is 17.1 Å². The monoisotopic (exact) mass is 459 g/mol. The van der Waals surface area contributed by atoms with Gasteiger partial charge in [-0.2, -0.15) is 0 Å². The fourth-order valence-corrected chi connectivity index (χ4v) is 5.30. The van der Waals surface area contributed by atoms with Crippen LogP contribution in [0.15, 0.2) is 30.6 Å².